The van der Waals surface area contributed by atoms with Gasteiger partial charge in [-0.1, -0.05) is 26.0 Å². The van der Waals surface area contributed by atoms with E-state index in [1.165, 1.54) is 24.4 Å². The van der Waals surface area contributed by atoms with Crippen molar-refractivity contribution >= 4 is 23.3 Å². The zero-order valence-corrected chi connectivity index (χ0v) is 17.2. The maximum absolute atomic E-state index is 12.6. The Hall–Kier alpha value is -4.08. The smallest absolute Gasteiger partial charge is 0.342 e. The molecule has 2 aromatic heterocycles. The highest BCUT2D eigenvalue weighted by Gasteiger charge is 2.23. The first kappa shape index (κ1) is 21.6. The highest BCUT2D eigenvalue weighted by Crippen LogP contribution is 2.24. The Morgan fingerprint density at radius 3 is 2.68 bits per heavy atom. The number of hydrogen-bond acceptors (Lipinski definition) is 7. The molecule has 3 aromatic rings. The number of benzene rings is 1. The van der Waals surface area contributed by atoms with Gasteiger partial charge in [0.1, 0.15) is 5.56 Å². The van der Waals surface area contributed by atoms with Crippen LogP contribution < -0.4 is 5.32 Å². The minimum atomic E-state index is -0.698. The van der Waals surface area contributed by atoms with Crippen molar-refractivity contribution in [1.29, 1.82) is 0 Å². The lowest BCUT2D eigenvalue weighted by atomic mass is 10.1. The highest BCUT2D eigenvalue weighted by atomic mass is 16.6. The molecule has 0 fully saturated rings. The molecule has 0 atom stereocenters. The summed E-state index contributed by atoms with van der Waals surface area (Å²) in [6.45, 7) is 4.87. The molecule has 0 saturated heterocycles. The van der Waals surface area contributed by atoms with Gasteiger partial charge < -0.3 is 10.1 Å². The molecule has 0 unspecified atom stereocenters. The quantitative estimate of drug-likeness (QED) is 0.350. The summed E-state index contributed by atoms with van der Waals surface area (Å²) < 4.78 is 6.71. The van der Waals surface area contributed by atoms with E-state index in [0.29, 0.717) is 17.1 Å². The van der Waals surface area contributed by atoms with Crippen molar-refractivity contribution in [3.05, 3.63) is 75.7 Å². The van der Waals surface area contributed by atoms with Gasteiger partial charge in [-0.25, -0.2) is 14.5 Å². The number of nitro groups is 1. The van der Waals surface area contributed by atoms with E-state index in [-0.39, 0.29) is 22.9 Å². The Bertz CT molecular complexity index is 1120. The number of aryl methyl sites for hydroxylation is 1. The van der Waals surface area contributed by atoms with Gasteiger partial charge in [0.15, 0.2) is 12.4 Å². The third-order valence-corrected chi connectivity index (χ3v) is 4.46. The van der Waals surface area contributed by atoms with Crippen molar-refractivity contribution in [2.75, 3.05) is 11.9 Å². The average Bonchev–Trinajstić information content (AvgIpc) is 3.19. The van der Waals surface area contributed by atoms with Crippen LogP contribution in [0.3, 0.4) is 0 Å². The summed E-state index contributed by atoms with van der Waals surface area (Å²) in [4.78, 5) is 39.5. The zero-order chi connectivity index (χ0) is 22.5. The number of carbonyl (C=O) groups is 2. The fourth-order valence-electron chi connectivity index (χ4n) is 3.02. The number of nitro benzene ring substituents is 1. The second-order valence-electron chi connectivity index (χ2n) is 7.08. The van der Waals surface area contributed by atoms with E-state index < -0.39 is 23.4 Å². The van der Waals surface area contributed by atoms with Gasteiger partial charge in [0.25, 0.3) is 11.6 Å². The molecule has 0 radical (unpaired) electrons. The molecule has 0 aliphatic heterocycles. The Kier molecular flexibility index (Phi) is 6.39. The summed E-state index contributed by atoms with van der Waals surface area (Å²) in [5, 5.41) is 17.8. The molecule has 1 amide bonds. The number of ether oxygens (including phenoxy) is 1. The number of nitrogens with zero attached hydrogens (tertiary/aromatic N) is 4. The molecule has 1 aromatic carbocycles. The van der Waals surface area contributed by atoms with Crippen molar-refractivity contribution in [2.45, 2.75) is 26.7 Å². The molecule has 0 spiro atoms. The Morgan fingerprint density at radius 1 is 1.26 bits per heavy atom. The fourth-order valence-corrected chi connectivity index (χ4v) is 3.02. The van der Waals surface area contributed by atoms with E-state index >= 15 is 0 Å². The SMILES string of the molecule is Cc1ccc(NC(=O)COC(=O)c2cnn(-c3ccccn3)c2C(C)C)cc1[N+](=O)[O-]. The molecule has 160 valence electrons. The zero-order valence-electron chi connectivity index (χ0n) is 17.2. The van der Waals surface area contributed by atoms with Crippen molar-refractivity contribution < 1.29 is 19.2 Å². The number of amides is 1. The lowest BCUT2D eigenvalue weighted by Crippen LogP contribution is -2.21. The normalized spacial score (nSPS) is 10.7. The van der Waals surface area contributed by atoms with Gasteiger partial charge in [0.2, 0.25) is 0 Å². The molecular weight excluding hydrogens is 402 g/mol. The van der Waals surface area contributed by atoms with Gasteiger partial charge in [-0.2, -0.15) is 5.10 Å². The summed E-state index contributed by atoms with van der Waals surface area (Å²) in [5.74, 6) is -0.816. The number of pyridine rings is 1. The summed E-state index contributed by atoms with van der Waals surface area (Å²) in [7, 11) is 0. The molecule has 0 bridgehead atoms. The highest BCUT2D eigenvalue weighted by molar-refractivity contribution is 5.96. The van der Waals surface area contributed by atoms with Crippen LogP contribution in [-0.4, -0.2) is 38.2 Å². The number of anilines is 1. The van der Waals surface area contributed by atoms with Crippen LogP contribution in [0, 0.1) is 17.0 Å². The van der Waals surface area contributed by atoms with E-state index in [4.69, 9.17) is 4.74 Å². The van der Waals surface area contributed by atoms with Crippen LogP contribution >= 0.6 is 0 Å². The number of aromatic nitrogens is 3. The fraction of sp³-hybridized carbons (Fsp3) is 0.238. The third kappa shape index (κ3) is 4.92. The first-order chi connectivity index (χ1) is 14.8. The van der Waals surface area contributed by atoms with Gasteiger partial charge in [0, 0.05) is 23.5 Å². The first-order valence-corrected chi connectivity index (χ1v) is 9.49. The Morgan fingerprint density at radius 2 is 2.03 bits per heavy atom. The molecule has 0 aliphatic carbocycles. The molecule has 31 heavy (non-hydrogen) atoms. The summed E-state index contributed by atoms with van der Waals surface area (Å²) in [5.41, 5.74) is 1.45. The van der Waals surface area contributed by atoms with Crippen LogP contribution in [-0.2, 0) is 9.53 Å². The van der Waals surface area contributed by atoms with Crippen LogP contribution in [0.4, 0.5) is 11.4 Å². The Balaban J connectivity index is 1.70. The van der Waals surface area contributed by atoms with Gasteiger partial charge in [0.05, 0.1) is 16.8 Å². The van der Waals surface area contributed by atoms with Gasteiger partial charge >= 0.3 is 5.97 Å². The molecule has 1 N–H and O–H groups in total. The van der Waals surface area contributed by atoms with E-state index in [1.54, 1.807) is 29.9 Å². The largest absolute Gasteiger partial charge is 0.452 e. The molecular formula is C21H21N5O5. The van der Waals surface area contributed by atoms with Crippen molar-refractivity contribution in [3.8, 4) is 5.82 Å². The van der Waals surface area contributed by atoms with Crippen LogP contribution in [0.2, 0.25) is 0 Å². The topological polar surface area (TPSA) is 129 Å². The predicted molar refractivity (Wildman–Crippen MR) is 112 cm³/mol. The van der Waals surface area contributed by atoms with Crippen molar-refractivity contribution in [3.63, 3.8) is 0 Å². The molecule has 3 rings (SSSR count). The number of hydrogen-bond donors (Lipinski definition) is 1. The van der Waals surface area contributed by atoms with Crippen LogP contribution in [0.5, 0.6) is 0 Å². The second kappa shape index (κ2) is 9.16. The van der Waals surface area contributed by atoms with Gasteiger partial charge in [-0.15, -0.1) is 0 Å². The second-order valence-corrected chi connectivity index (χ2v) is 7.08. The number of esters is 1. The number of carbonyl (C=O) groups excluding carboxylic acids is 2. The van der Waals surface area contributed by atoms with E-state index in [2.05, 4.69) is 15.4 Å². The maximum atomic E-state index is 12.6. The molecule has 0 saturated carbocycles. The molecule has 2 heterocycles. The van der Waals surface area contributed by atoms with Crippen molar-refractivity contribution in [1.82, 2.24) is 14.8 Å². The number of rotatable bonds is 7. The summed E-state index contributed by atoms with van der Waals surface area (Å²) in [6.07, 6.45) is 3.01. The lowest BCUT2D eigenvalue weighted by molar-refractivity contribution is -0.385. The van der Waals surface area contributed by atoms with E-state index in [9.17, 15) is 19.7 Å². The average molecular weight is 423 g/mol. The minimum Gasteiger partial charge on any atom is -0.452 e. The minimum absolute atomic E-state index is 0.0611. The number of nitrogens with one attached hydrogen (secondary N) is 1. The van der Waals surface area contributed by atoms with E-state index in [1.807, 2.05) is 19.9 Å². The molecule has 10 heteroatoms. The third-order valence-electron chi connectivity index (χ3n) is 4.46. The summed E-state index contributed by atoms with van der Waals surface area (Å²) >= 11 is 0. The monoisotopic (exact) mass is 423 g/mol. The van der Waals surface area contributed by atoms with Crippen LogP contribution in [0.15, 0.2) is 48.8 Å². The predicted octanol–water partition coefficient (Wildman–Crippen LogP) is 3.40. The van der Waals surface area contributed by atoms with Crippen molar-refractivity contribution in [2.24, 2.45) is 0 Å². The van der Waals surface area contributed by atoms with Gasteiger partial charge in [-0.3, -0.25) is 14.9 Å². The first-order valence-electron chi connectivity index (χ1n) is 9.49. The summed E-state index contributed by atoms with van der Waals surface area (Å²) in [6, 6.07) is 9.67. The van der Waals surface area contributed by atoms with Crippen LogP contribution in [0.1, 0.15) is 41.4 Å². The maximum Gasteiger partial charge on any atom is 0.342 e. The molecule has 10 nitrogen and oxygen atoms in total. The van der Waals surface area contributed by atoms with E-state index in [0.717, 1.165) is 0 Å². The molecule has 0 aliphatic rings. The Labute approximate surface area is 178 Å². The lowest BCUT2D eigenvalue weighted by Gasteiger charge is -2.12. The standard InChI is InChI=1S/C21H21N5O5/c1-13(2)20-16(11-23-25(20)18-6-4-5-9-22-18)21(28)31-12-19(27)24-15-8-7-14(3)17(10-15)26(29)30/h4-11,13H,12H2,1-3H3,(H,24,27). The van der Waals surface area contributed by atoms with Gasteiger partial charge in [-0.05, 0) is 31.0 Å². The van der Waals surface area contributed by atoms with Crippen LogP contribution in [0.25, 0.3) is 5.82 Å².